The molecule has 0 saturated heterocycles. The zero-order valence-corrected chi connectivity index (χ0v) is 18.0. The lowest BCUT2D eigenvalue weighted by atomic mass is 10.2. The minimum Gasteiger partial charge on any atom is -0.431 e. The average Bonchev–Trinajstić information content (AvgIpc) is 2.72. The second-order valence-electron chi connectivity index (χ2n) is 5.93. The van der Waals surface area contributed by atoms with E-state index in [0.717, 1.165) is 16.2 Å². The van der Waals surface area contributed by atoms with Gasteiger partial charge in [0.2, 0.25) is 5.82 Å². The zero-order chi connectivity index (χ0) is 21.3. The summed E-state index contributed by atoms with van der Waals surface area (Å²) in [4.78, 5) is 23.2. The van der Waals surface area contributed by atoms with E-state index in [9.17, 15) is 14.5 Å². The Labute approximate surface area is 185 Å². The fourth-order valence-corrected chi connectivity index (χ4v) is 3.50. The summed E-state index contributed by atoms with van der Waals surface area (Å²) in [5, 5.41) is 15.2. The first-order valence-electron chi connectivity index (χ1n) is 8.36. The molecule has 0 aliphatic rings. The Balaban J connectivity index is 1.77. The van der Waals surface area contributed by atoms with Crippen LogP contribution in [0.15, 0.2) is 63.9 Å². The summed E-state index contributed by atoms with van der Waals surface area (Å²) in [7, 11) is 0. The van der Waals surface area contributed by atoms with Crippen LogP contribution in [0.5, 0.6) is 11.6 Å². The number of aromatic nitrogens is 3. The first-order chi connectivity index (χ1) is 14.4. The first-order valence-corrected chi connectivity index (χ1v) is 9.95. The topological polar surface area (TPSA) is 103 Å². The molecule has 8 nitrogen and oxygen atoms in total. The Morgan fingerprint density at radius 1 is 1.10 bits per heavy atom. The van der Waals surface area contributed by atoms with E-state index >= 15 is 0 Å². The summed E-state index contributed by atoms with van der Waals surface area (Å²) < 4.78 is 21.3. The van der Waals surface area contributed by atoms with Crippen LogP contribution >= 0.6 is 31.9 Å². The van der Waals surface area contributed by atoms with Gasteiger partial charge < -0.3 is 10.1 Å². The van der Waals surface area contributed by atoms with Crippen molar-refractivity contribution in [1.29, 1.82) is 0 Å². The zero-order valence-electron chi connectivity index (χ0n) is 14.8. The molecular weight excluding hydrogens is 525 g/mol. The van der Waals surface area contributed by atoms with E-state index in [0.29, 0.717) is 9.99 Å². The smallest absolute Gasteiger partial charge is 0.373 e. The van der Waals surface area contributed by atoms with E-state index < -0.39 is 16.4 Å². The van der Waals surface area contributed by atoms with Gasteiger partial charge in [-0.1, -0.05) is 37.9 Å². The van der Waals surface area contributed by atoms with Gasteiger partial charge in [-0.3, -0.25) is 15.1 Å². The number of benzene rings is 2. The molecule has 0 saturated carbocycles. The van der Waals surface area contributed by atoms with E-state index in [1.165, 1.54) is 12.1 Å². The molecule has 150 valence electrons. The lowest BCUT2D eigenvalue weighted by Crippen LogP contribution is -2.04. The Morgan fingerprint density at radius 3 is 2.70 bits per heavy atom. The summed E-state index contributed by atoms with van der Waals surface area (Å²) in [6.45, 7) is 0. The maximum absolute atomic E-state index is 14.2. The van der Waals surface area contributed by atoms with Crippen molar-refractivity contribution >= 4 is 60.0 Å². The molecular formula is C19H10Br2FN5O3. The van der Waals surface area contributed by atoms with E-state index in [1.807, 2.05) is 6.07 Å². The van der Waals surface area contributed by atoms with Crippen LogP contribution in [0.25, 0.3) is 10.9 Å². The third kappa shape index (κ3) is 3.94. The van der Waals surface area contributed by atoms with Gasteiger partial charge in [-0.05, 0) is 36.4 Å². The van der Waals surface area contributed by atoms with Crippen LogP contribution in [0.2, 0.25) is 0 Å². The van der Waals surface area contributed by atoms with E-state index in [-0.39, 0.29) is 23.1 Å². The monoisotopic (exact) mass is 533 g/mol. The molecule has 11 heteroatoms. The predicted octanol–water partition coefficient (Wildman–Crippen LogP) is 6.13. The van der Waals surface area contributed by atoms with Gasteiger partial charge in [-0.25, -0.2) is 9.37 Å². The van der Waals surface area contributed by atoms with Crippen molar-refractivity contribution in [1.82, 2.24) is 15.0 Å². The summed E-state index contributed by atoms with van der Waals surface area (Å²) in [5.41, 5.74) is -0.0261. The second kappa shape index (κ2) is 8.28. The summed E-state index contributed by atoms with van der Waals surface area (Å²) in [6.07, 6.45) is 2.68. The Hall–Kier alpha value is -3.18. The molecule has 0 aliphatic carbocycles. The Bertz CT molecular complexity index is 1290. The number of anilines is 2. The van der Waals surface area contributed by atoms with Gasteiger partial charge >= 0.3 is 11.6 Å². The van der Waals surface area contributed by atoms with Crippen molar-refractivity contribution in [3.63, 3.8) is 0 Å². The SMILES string of the molecule is O=[N+]([O-])c1c(Nc2ccc(Br)cc2F)ncnc1Oc1ccc(Br)c2cccnc12. The van der Waals surface area contributed by atoms with Crippen LogP contribution in [-0.4, -0.2) is 19.9 Å². The molecule has 1 N–H and O–H groups in total. The van der Waals surface area contributed by atoms with Gasteiger partial charge in [0.15, 0.2) is 5.75 Å². The molecule has 30 heavy (non-hydrogen) atoms. The van der Waals surface area contributed by atoms with Crippen molar-refractivity contribution in [2.45, 2.75) is 0 Å². The highest BCUT2D eigenvalue weighted by Crippen LogP contribution is 2.38. The molecule has 2 heterocycles. The molecule has 0 spiro atoms. The maximum Gasteiger partial charge on any atom is 0.373 e. The third-order valence-electron chi connectivity index (χ3n) is 4.04. The molecule has 0 unspecified atom stereocenters. The molecule has 2 aromatic heterocycles. The molecule has 0 radical (unpaired) electrons. The van der Waals surface area contributed by atoms with Gasteiger partial charge in [0.1, 0.15) is 17.7 Å². The van der Waals surface area contributed by atoms with E-state index in [1.54, 1.807) is 30.5 Å². The molecule has 0 amide bonds. The quantitative estimate of drug-likeness (QED) is 0.242. The van der Waals surface area contributed by atoms with Crippen LogP contribution in [0.3, 0.4) is 0 Å². The number of ether oxygens (including phenoxy) is 1. The van der Waals surface area contributed by atoms with Gasteiger partial charge in [0.05, 0.1) is 10.6 Å². The second-order valence-corrected chi connectivity index (χ2v) is 7.70. The molecule has 4 rings (SSSR count). The highest BCUT2D eigenvalue weighted by atomic mass is 79.9. The maximum atomic E-state index is 14.2. The fraction of sp³-hybridized carbons (Fsp3) is 0. The van der Waals surface area contributed by atoms with Crippen molar-refractivity contribution in [3.05, 3.63) is 79.9 Å². The highest BCUT2D eigenvalue weighted by molar-refractivity contribution is 9.11. The summed E-state index contributed by atoms with van der Waals surface area (Å²) >= 11 is 6.60. The Morgan fingerprint density at radius 2 is 1.93 bits per heavy atom. The van der Waals surface area contributed by atoms with Gasteiger partial charge in [0.25, 0.3) is 0 Å². The molecule has 0 bridgehead atoms. The van der Waals surface area contributed by atoms with E-state index in [2.05, 4.69) is 52.1 Å². The van der Waals surface area contributed by atoms with Crippen LogP contribution in [0, 0.1) is 15.9 Å². The Kier molecular flexibility index (Phi) is 5.55. The van der Waals surface area contributed by atoms with Crippen molar-refractivity contribution in [2.75, 3.05) is 5.32 Å². The van der Waals surface area contributed by atoms with Gasteiger partial charge in [0, 0.05) is 20.5 Å². The number of hydrogen-bond acceptors (Lipinski definition) is 7. The van der Waals surface area contributed by atoms with Crippen molar-refractivity contribution < 1.29 is 14.1 Å². The number of nitro groups is 1. The number of pyridine rings is 1. The van der Waals surface area contributed by atoms with E-state index in [4.69, 9.17) is 4.74 Å². The molecule has 4 aromatic rings. The van der Waals surface area contributed by atoms with Crippen molar-refractivity contribution in [2.24, 2.45) is 0 Å². The van der Waals surface area contributed by atoms with Gasteiger partial charge in [-0.2, -0.15) is 4.98 Å². The normalized spacial score (nSPS) is 10.8. The summed E-state index contributed by atoms with van der Waals surface area (Å²) in [5.74, 6) is -0.843. The number of nitrogens with one attached hydrogen (secondary N) is 1. The molecule has 0 fully saturated rings. The number of halogens is 3. The third-order valence-corrected chi connectivity index (χ3v) is 5.23. The van der Waals surface area contributed by atoms with Crippen LogP contribution < -0.4 is 10.1 Å². The van der Waals surface area contributed by atoms with Gasteiger partial charge in [-0.15, -0.1) is 0 Å². The lowest BCUT2D eigenvalue weighted by molar-refractivity contribution is -0.385. The number of hydrogen-bond donors (Lipinski definition) is 1. The first kappa shape index (κ1) is 20.1. The highest BCUT2D eigenvalue weighted by Gasteiger charge is 2.26. The number of fused-ring (bicyclic) bond motifs is 1. The largest absolute Gasteiger partial charge is 0.431 e. The number of nitrogens with zero attached hydrogens (tertiary/aromatic N) is 4. The molecule has 0 aliphatic heterocycles. The fourth-order valence-electron chi connectivity index (χ4n) is 2.71. The standard InChI is InChI=1S/C19H10Br2FN5O3/c20-10-3-5-14(13(22)8-10)26-18-17(27(28)29)19(25-9-24-18)30-15-6-4-12(21)11-2-1-7-23-16(11)15/h1-9H,(H,24,25,26). The minimum atomic E-state index is -0.692. The molecule has 0 atom stereocenters. The average molecular weight is 535 g/mol. The van der Waals surface area contributed by atoms with Crippen molar-refractivity contribution in [3.8, 4) is 11.6 Å². The predicted molar refractivity (Wildman–Crippen MR) is 116 cm³/mol. The summed E-state index contributed by atoms with van der Waals surface area (Å²) in [6, 6.07) is 11.2. The van der Waals surface area contributed by atoms with Crippen LogP contribution in [0.4, 0.5) is 21.6 Å². The lowest BCUT2D eigenvalue weighted by Gasteiger charge is -2.11. The molecule has 2 aromatic carbocycles. The van der Waals surface area contributed by atoms with Crippen LogP contribution in [0.1, 0.15) is 0 Å². The van der Waals surface area contributed by atoms with Crippen LogP contribution in [-0.2, 0) is 0 Å². The number of rotatable bonds is 5. The minimum absolute atomic E-state index is 0.0155.